The van der Waals surface area contributed by atoms with Gasteiger partial charge in [0.2, 0.25) is 5.82 Å². The minimum Gasteiger partial charge on any atom is -0.462 e. The Hall–Kier alpha value is -3.03. The predicted octanol–water partition coefficient (Wildman–Crippen LogP) is 3.15. The van der Waals surface area contributed by atoms with E-state index < -0.39 is 10.9 Å². The van der Waals surface area contributed by atoms with Crippen LogP contribution in [-0.4, -0.2) is 34.5 Å². The molecule has 0 amide bonds. The number of carbonyl (C=O) groups excluding carboxylic acids is 1. The highest BCUT2D eigenvalue weighted by Crippen LogP contribution is 2.35. The number of nitro groups is 1. The maximum atomic E-state index is 12.1. The Kier molecular flexibility index (Phi) is 5.99. The molecule has 1 unspecified atom stereocenters. The van der Waals surface area contributed by atoms with Crippen LogP contribution in [0.3, 0.4) is 0 Å². The molecule has 0 aliphatic rings. The molecule has 1 atom stereocenters. The molecule has 0 aliphatic heterocycles. The fourth-order valence-corrected chi connectivity index (χ4v) is 2.72. The first-order valence-electron chi connectivity index (χ1n) is 7.94. The van der Waals surface area contributed by atoms with E-state index in [4.69, 9.17) is 4.74 Å². The van der Waals surface area contributed by atoms with Gasteiger partial charge in [-0.05, 0) is 37.1 Å². The second kappa shape index (κ2) is 8.18. The largest absolute Gasteiger partial charge is 0.462 e. The van der Waals surface area contributed by atoms with Crippen LogP contribution in [0.25, 0.3) is 0 Å². The highest BCUT2D eigenvalue weighted by molar-refractivity contribution is 5.96. The quantitative estimate of drug-likeness (QED) is 0.432. The average molecular weight is 344 g/mol. The first-order valence-corrected chi connectivity index (χ1v) is 7.94. The van der Waals surface area contributed by atoms with Gasteiger partial charge in [-0.15, -0.1) is 0 Å². The average Bonchev–Trinajstić information content (AvgIpc) is 2.62. The standard InChI is InChI=1S/C17H20N4O4/c1-4-14(12-6-9-18-10-7-12)20(3)16-15(21(23)24)13(8-11-19-16)17(22)25-5-2/h6-11,14H,4-5H2,1-3H3. The van der Waals surface area contributed by atoms with Crippen LogP contribution in [0.15, 0.2) is 36.8 Å². The maximum absolute atomic E-state index is 12.1. The summed E-state index contributed by atoms with van der Waals surface area (Å²) in [6.07, 6.45) is 5.42. The van der Waals surface area contributed by atoms with E-state index in [2.05, 4.69) is 9.97 Å². The van der Waals surface area contributed by atoms with Crippen molar-refractivity contribution in [3.05, 3.63) is 58.0 Å². The smallest absolute Gasteiger partial charge is 0.345 e. The van der Waals surface area contributed by atoms with Crippen molar-refractivity contribution in [2.75, 3.05) is 18.6 Å². The molecule has 132 valence electrons. The van der Waals surface area contributed by atoms with Crippen LogP contribution in [0.5, 0.6) is 0 Å². The van der Waals surface area contributed by atoms with Gasteiger partial charge < -0.3 is 9.64 Å². The Bertz CT molecular complexity index is 752. The third-order valence-corrected chi connectivity index (χ3v) is 3.86. The molecule has 0 bridgehead atoms. The fourth-order valence-electron chi connectivity index (χ4n) is 2.72. The molecular weight excluding hydrogens is 324 g/mol. The summed E-state index contributed by atoms with van der Waals surface area (Å²) in [6, 6.07) is 4.87. The molecule has 0 aliphatic carbocycles. The van der Waals surface area contributed by atoms with Gasteiger partial charge >= 0.3 is 11.7 Å². The van der Waals surface area contributed by atoms with Crippen molar-refractivity contribution < 1.29 is 14.5 Å². The van der Waals surface area contributed by atoms with Gasteiger partial charge in [-0.1, -0.05) is 6.92 Å². The van der Waals surface area contributed by atoms with Gasteiger partial charge in [0.25, 0.3) is 0 Å². The van der Waals surface area contributed by atoms with Crippen molar-refractivity contribution >= 4 is 17.5 Å². The molecule has 0 saturated carbocycles. The summed E-state index contributed by atoms with van der Waals surface area (Å²) in [7, 11) is 1.72. The number of pyridine rings is 2. The van der Waals surface area contributed by atoms with E-state index in [9.17, 15) is 14.9 Å². The summed E-state index contributed by atoms with van der Waals surface area (Å²) in [6.45, 7) is 3.76. The molecule has 0 radical (unpaired) electrons. The summed E-state index contributed by atoms with van der Waals surface area (Å²) in [5.74, 6) is -0.609. The first kappa shape index (κ1) is 18.3. The lowest BCUT2D eigenvalue weighted by atomic mass is 10.0. The van der Waals surface area contributed by atoms with E-state index in [-0.39, 0.29) is 29.7 Å². The van der Waals surface area contributed by atoms with Crippen molar-refractivity contribution in [3.8, 4) is 0 Å². The number of nitrogens with zero attached hydrogens (tertiary/aromatic N) is 4. The van der Waals surface area contributed by atoms with Crippen LogP contribution in [0.1, 0.15) is 42.2 Å². The Morgan fingerprint density at radius 1 is 1.28 bits per heavy atom. The summed E-state index contributed by atoms with van der Waals surface area (Å²) < 4.78 is 4.93. The molecule has 2 rings (SSSR count). The Morgan fingerprint density at radius 3 is 2.52 bits per heavy atom. The molecule has 0 spiro atoms. The molecule has 2 aromatic heterocycles. The van der Waals surface area contributed by atoms with Crippen molar-refractivity contribution in [2.45, 2.75) is 26.3 Å². The molecule has 8 heteroatoms. The SMILES string of the molecule is CCOC(=O)c1ccnc(N(C)C(CC)c2ccncc2)c1[N+](=O)[O-]. The van der Waals surface area contributed by atoms with E-state index in [1.807, 2.05) is 19.1 Å². The third kappa shape index (κ3) is 3.90. The number of ether oxygens (including phenoxy) is 1. The molecule has 8 nitrogen and oxygen atoms in total. The number of hydrogen-bond donors (Lipinski definition) is 0. The zero-order valence-electron chi connectivity index (χ0n) is 14.4. The highest BCUT2D eigenvalue weighted by Gasteiger charge is 2.31. The van der Waals surface area contributed by atoms with Gasteiger partial charge in [0.05, 0.1) is 17.6 Å². The zero-order valence-corrected chi connectivity index (χ0v) is 14.4. The lowest BCUT2D eigenvalue weighted by Gasteiger charge is -2.28. The van der Waals surface area contributed by atoms with Crippen LogP contribution >= 0.6 is 0 Å². The molecule has 0 fully saturated rings. The van der Waals surface area contributed by atoms with E-state index >= 15 is 0 Å². The van der Waals surface area contributed by atoms with Crippen molar-refractivity contribution in [1.82, 2.24) is 9.97 Å². The Labute approximate surface area is 145 Å². The summed E-state index contributed by atoms with van der Waals surface area (Å²) in [5, 5.41) is 11.6. The second-order valence-corrected chi connectivity index (χ2v) is 5.32. The number of rotatable bonds is 7. The monoisotopic (exact) mass is 344 g/mol. The third-order valence-electron chi connectivity index (χ3n) is 3.86. The van der Waals surface area contributed by atoms with Gasteiger partial charge in [0.1, 0.15) is 5.56 Å². The minimum absolute atomic E-state index is 0.103. The first-order chi connectivity index (χ1) is 12.0. The van der Waals surface area contributed by atoms with E-state index in [0.29, 0.717) is 6.42 Å². The van der Waals surface area contributed by atoms with Crippen molar-refractivity contribution in [2.24, 2.45) is 0 Å². The Balaban J connectivity index is 2.52. The van der Waals surface area contributed by atoms with Gasteiger partial charge in [-0.3, -0.25) is 15.1 Å². The topological polar surface area (TPSA) is 98.5 Å². The molecule has 2 heterocycles. The van der Waals surface area contributed by atoms with Crippen LogP contribution in [-0.2, 0) is 4.74 Å². The number of carbonyl (C=O) groups is 1. The summed E-state index contributed by atoms with van der Waals surface area (Å²) in [5.41, 5.74) is 0.502. The molecule has 2 aromatic rings. The second-order valence-electron chi connectivity index (χ2n) is 5.32. The number of anilines is 1. The van der Waals surface area contributed by atoms with Crippen LogP contribution in [0.2, 0.25) is 0 Å². The van der Waals surface area contributed by atoms with Crippen molar-refractivity contribution in [3.63, 3.8) is 0 Å². The van der Waals surface area contributed by atoms with Gasteiger partial charge in [0, 0.05) is 25.6 Å². The van der Waals surface area contributed by atoms with Crippen molar-refractivity contribution in [1.29, 1.82) is 0 Å². The highest BCUT2D eigenvalue weighted by atomic mass is 16.6. The van der Waals surface area contributed by atoms with Crippen LogP contribution < -0.4 is 4.90 Å². The molecule has 25 heavy (non-hydrogen) atoms. The summed E-state index contributed by atoms with van der Waals surface area (Å²) in [4.78, 5) is 33.0. The number of esters is 1. The lowest BCUT2D eigenvalue weighted by Crippen LogP contribution is -2.26. The van der Waals surface area contributed by atoms with E-state index in [1.54, 1.807) is 31.3 Å². The number of aromatic nitrogens is 2. The molecule has 0 saturated heterocycles. The summed E-state index contributed by atoms with van der Waals surface area (Å²) >= 11 is 0. The lowest BCUT2D eigenvalue weighted by molar-refractivity contribution is -0.384. The Morgan fingerprint density at radius 2 is 1.96 bits per heavy atom. The van der Waals surface area contributed by atoms with Crippen LogP contribution in [0, 0.1) is 10.1 Å². The van der Waals surface area contributed by atoms with Gasteiger partial charge in [-0.25, -0.2) is 9.78 Å². The number of hydrogen-bond acceptors (Lipinski definition) is 7. The van der Waals surface area contributed by atoms with Gasteiger partial charge in [-0.2, -0.15) is 0 Å². The normalized spacial score (nSPS) is 11.6. The molecule has 0 N–H and O–H groups in total. The predicted molar refractivity (Wildman–Crippen MR) is 92.5 cm³/mol. The minimum atomic E-state index is -0.733. The maximum Gasteiger partial charge on any atom is 0.345 e. The van der Waals surface area contributed by atoms with E-state index in [0.717, 1.165) is 5.56 Å². The van der Waals surface area contributed by atoms with Gasteiger partial charge in [0.15, 0.2) is 0 Å². The zero-order chi connectivity index (χ0) is 18.4. The van der Waals surface area contributed by atoms with E-state index in [1.165, 1.54) is 12.3 Å². The fraction of sp³-hybridized carbons (Fsp3) is 0.353. The molecular formula is C17H20N4O4. The molecule has 0 aromatic carbocycles. The van der Waals surface area contributed by atoms with Crippen LogP contribution in [0.4, 0.5) is 11.5 Å².